The molecule has 21 heavy (non-hydrogen) atoms. The Balaban J connectivity index is 2.07. The van der Waals surface area contributed by atoms with Crippen molar-refractivity contribution in [3.05, 3.63) is 0 Å². The number of carboxylic acids is 1. The quantitative estimate of drug-likeness (QED) is 0.848. The fraction of sp³-hybridized carbons (Fsp3) is 0.875. The molecule has 2 fully saturated rings. The number of aliphatic carboxylic acids is 1. The SMILES string of the molecule is CC(C)CCN(C(=O)N1CCC[C@H]1C(=O)O)C1CCCC1. The van der Waals surface area contributed by atoms with Gasteiger partial charge in [-0.05, 0) is 38.0 Å². The van der Waals surface area contributed by atoms with Crippen molar-refractivity contribution in [2.75, 3.05) is 13.1 Å². The first kappa shape index (κ1) is 16.1. The van der Waals surface area contributed by atoms with Crippen molar-refractivity contribution in [1.82, 2.24) is 9.80 Å². The minimum absolute atomic E-state index is 0.0487. The Kier molecular flexibility index (Phi) is 5.48. The van der Waals surface area contributed by atoms with Crippen molar-refractivity contribution in [1.29, 1.82) is 0 Å². The van der Waals surface area contributed by atoms with Crippen LogP contribution in [0, 0.1) is 5.92 Å². The van der Waals surface area contributed by atoms with Gasteiger partial charge in [0.1, 0.15) is 6.04 Å². The first-order chi connectivity index (χ1) is 10.0. The van der Waals surface area contributed by atoms with Crippen LogP contribution in [0.1, 0.15) is 58.8 Å². The van der Waals surface area contributed by atoms with Crippen LogP contribution >= 0.6 is 0 Å². The highest BCUT2D eigenvalue weighted by Crippen LogP contribution is 2.27. The van der Waals surface area contributed by atoms with Crippen molar-refractivity contribution >= 4 is 12.0 Å². The minimum atomic E-state index is -0.865. The highest BCUT2D eigenvalue weighted by molar-refractivity contribution is 5.83. The van der Waals surface area contributed by atoms with E-state index in [-0.39, 0.29) is 6.03 Å². The van der Waals surface area contributed by atoms with Gasteiger partial charge >= 0.3 is 12.0 Å². The molecule has 0 bridgehead atoms. The number of likely N-dealkylation sites (tertiary alicyclic amines) is 1. The lowest BCUT2D eigenvalue weighted by atomic mass is 10.1. The Morgan fingerprint density at radius 3 is 2.43 bits per heavy atom. The molecule has 1 saturated carbocycles. The number of carboxylic acid groups (broad SMARTS) is 1. The van der Waals surface area contributed by atoms with Crippen LogP contribution in [0.3, 0.4) is 0 Å². The predicted molar refractivity (Wildman–Crippen MR) is 81.2 cm³/mol. The van der Waals surface area contributed by atoms with Crippen LogP contribution in [0.25, 0.3) is 0 Å². The van der Waals surface area contributed by atoms with Gasteiger partial charge in [0.15, 0.2) is 0 Å². The van der Waals surface area contributed by atoms with Crippen molar-refractivity contribution in [2.45, 2.75) is 70.9 Å². The van der Waals surface area contributed by atoms with Gasteiger partial charge in [0.2, 0.25) is 0 Å². The number of amides is 2. The summed E-state index contributed by atoms with van der Waals surface area (Å²) < 4.78 is 0. The molecule has 0 aromatic rings. The van der Waals surface area contributed by atoms with E-state index in [1.807, 2.05) is 4.90 Å². The number of rotatable bonds is 5. The van der Waals surface area contributed by atoms with E-state index >= 15 is 0 Å². The van der Waals surface area contributed by atoms with E-state index in [9.17, 15) is 14.7 Å². The fourth-order valence-corrected chi connectivity index (χ4v) is 3.47. The maximum absolute atomic E-state index is 12.8. The molecule has 1 N–H and O–H groups in total. The second kappa shape index (κ2) is 7.14. The average Bonchev–Trinajstić information content (AvgIpc) is 3.09. The van der Waals surface area contributed by atoms with Crippen molar-refractivity contribution in [3.8, 4) is 0 Å². The monoisotopic (exact) mass is 296 g/mol. The number of urea groups is 1. The molecule has 120 valence electrons. The molecule has 1 heterocycles. The summed E-state index contributed by atoms with van der Waals surface area (Å²) in [6, 6.07) is -0.362. The van der Waals surface area contributed by atoms with E-state index in [1.54, 1.807) is 4.90 Å². The summed E-state index contributed by atoms with van der Waals surface area (Å²) in [5, 5.41) is 9.29. The second-order valence-electron chi connectivity index (χ2n) is 6.79. The third kappa shape index (κ3) is 3.89. The first-order valence-electron chi connectivity index (χ1n) is 8.30. The van der Waals surface area contributed by atoms with Gasteiger partial charge in [0.05, 0.1) is 0 Å². The maximum atomic E-state index is 12.8. The zero-order chi connectivity index (χ0) is 15.4. The van der Waals surface area contributed by atoms with Gasteiger partial charge < -0.3 is 14.9 Å². The van der Waals surface area contributed by atoms with Crippen molar-refractivity contribution in [3.63, 3.8) is 0 Å². The molecule has 0 spiro atoms. The van der Waals surface area contributed by atoms with Crippen LogP contribution in [0.4, 0.5) is 4.79 Å². The number of nitrogens with zero attached hydrogens (tertiary/aromatic N) is 2. The van der Waals surface area contributed by atoms with Gasteiger partial charge in [-0.25, -0.2) is 9.59 Å². The Morgan fingerprint density at radius 1 is 1.19 bits per heavy atom. The zero-order valence-electron chi connectivity index (χ0n) is 13.3. The smallest absolute Gasteiger partial charge is 0.326 e. The summed E-state index contributed by atoms with van der Waals surface area (Å²) in [6.07, 6.45) is 6.85. The summed E-state index contributed by atoms with van der Waals surface area (Å²) in [6.45, 7) is 5.66. The number of hydrogen-bond donors (Lipinski definition) is 1. The molecule has 0 aromatic carbocycles. The molecule has 1 aliphatic carbocycles. The second-order valence-corrected chi connectivity index (χ2v) is 6.79. The number of carbonyl (C=O) groups is 2. The van der Waals surface area contributed by atoms with Crippen molar-refractivity contribution in [2.24, 2.45) is 5.92 Å². The van der Waals surface area contributed by atoms with Gasteiger partial charge in [-0.2, -0.15) is 0 Å². The standard InChI is InChI=1S/C16H28N2O3/c1-12(2)9-11-17(13-6-3-4-7-13)16(21)18-10-5-8-14(18)15(19)20/h12-14H,3-11H2,1-2H3,(H,19,20)/t14-/m0/s1. The Morgan fingerprint density at radius 2 is 1.86 bits per heavy atom. The van der Waals surface area contributed by atoms with Gasteiger partial charge in [0.25, 0.3) is 0 Å². The molecular formula is C16H28N2O3. The summed E-state index contributed by atoms with van der Waals surface area (Å²) >= 11 is 0. The molecule has 2 amide bonds. The van der Waals surface area contributed by atoms with Gasteiger partial charge in [0, 0.05) is 19.1 Å². The minimum Gasteiger partial charge on any atom is -0.480 e. The molecular weight excluding hydrogens is 268 g/mol. The van der Waals surface area contributed by atoms with E-state index in [2.05, 4.69) is 13.8 Å². The summed E-state index contributed by atoms with van der Waals surface area (Å²) in [5.74, 6) is -0.313. The first-order valence-corrected chi connectivity index (χ1v) is 8.30. The Hall–Kier alpha value is -1.26. The van der Waals surface area contributed by atoms with Gasteiger partial charge in [-0.15, -0.1) is 0 Å². The van der Waals surface area contributed by atoms with Gasteiger partial charge in [-0.3, -0.25) is 0 Å². The van der Waals surface area contributed by atoms with E-state index in [4.69, 9.17) is 0 Å². The van der Waals surface area contributed by atoms with E-state index in [0.29, 0.717) is 24.9 Å². The molecule has 0 radical (unpaired) electrons. The molecule has 5 heteroatoms. The Bertz CT molecular complexity index is 378. The molecule has 1 aliphatic heterocycles. The average molecular weight is 296 g/mol. The van der Waals surface area contributed by atoms with Gasteiger partial charge in [-0.1, -0.05) is 26.7 Å². The van der Waals surface area contributed by atoms with Crippen LogP contribution in [0.5, 0.6) is 0 Å². The number of carbonyl (C=O) groups excluding carboxylic acids is 1. The summed E-state index contributed by atoms with van der Waals surface area (Å²) in [5.41, 5.74) is 0. The molecule has 0 aromatic heterocycles. The molecule has 2 aliphatic rings. The van der Waals surface area contributed by atoms with E-state index in [1.165, 1.54) is 12.8 Å². The molecule has 2 rings (SSSR count). The summed E-state index contributed by atoms with van der Waals surface area (Å²) in [4.78, 5) is 27.7. The van der Waals surface area contributed by atoms with Crippen LogP contribution in [0.2, 0.25) is 0 Å². The fourth-order valence-electron chi connectivity index (χ4n) is 3.47. The van der Waals surface area contributed by atoms with E-state index < -0.39 is 12.0 Å². The third-order valence-electron chi connectivity index (χ3n) is 4.74. The highest BCUT2D eigenvalue weighted by Gasteiger charge is 2.38. The normalized spacial score (nSPS) is 23.0. The van der Waals surface area contributed by atoms with Crippen LogP contribution in [-0.4, -0.2) is 52.1 Å². The molecule has 0 unspecified atom stereocenters. The van der Waals surface area contributed by atoms with Crippen LogP contribution < -0.4 is 0 Å². The lowest BCUT2D eigenvalue weighted by molar-refractivity contribution is -0.141. The van der Waals surface area contributed by atoms with E-state index in [0.717, 1.165) is 32.2 Å². The predicted octanol–water partition coefficient (Wildman–Crippen LogP) is 2.95. The van der Waals surface area contributed by atoms with Crippen LogP contribution in [0.15, 0.2) is 0 Å². The molecule has 1 atom stereocenters. The zero-order valence-corrected chi connectivity index (χ0v) is 13.3. The maximum Gasteiger partial charge on any atom is 0.326 e. The number of hydrogen-bond acceptors (Lipinski definition) is 2. The molecule has 1 saturated heterocycles. The lowest BCUT2D eigenvalue weighted by Crippen LogP contribution is -2.51. The largest absolute Gasteiger partial charge is 0.480 e. The Labute approximate surface area is 127 Å². The van der Waals surface area contributed by atoms with Crippen LogP contribution in [-0.2, 0) is 4.79 Å². The molecule has 5 nitrogen and oxygen atoms in total. The van der Waals surface area contributed by atoms with Crippen molar-refractivity contribution < 1.29 is 14.7 Å². The lowest BCUT2D eigenvalue weighted by Gasteiger charge is -2.35. The topological polar surface area (TPSA) is 60.9 Å². The summed E-state index contributed by atoms with van der Waals surface area (Å²) in [7, 11) is 0. The highest BCUT2D eigenvalue weighted by atomic mass is 16.4. The third-order valence-corrected chi connectivity index (χ3v) is 4.74.